The van der Waals surface area contributed by atoms with Crippen molar-refractivity contribution in [1.29, 1.82) is 0 Å². The molecule has 2 aromatic rings. The molecule has 2 heterocycles. The first-order valence-electron chi connectivity index (χ1n) is 4.91. The molecule has 0 fully saturated rings. The maximum atomic E-state index is 10.9. The number of hydrogen-bond donors (Lipinski definition) is 1. The van der Waals surface area contributed by atoms with Crippen molar-refractivity contribution in [2.75, 3.05) is 0 Å². The number of carboxylic acid groups (broad SMARTS) is 1. The Morgan fingerprint density at radius 1 is 1.47 bits per heavy atom. The average molecular weight is 296 g/mol. The Morgan fingerprint density at radius 2 is 2.18 bits per heavy atom. The number of aromatic nitrogens is 3. The number of rotatable bonds is 2. The normalized spacial score (nSPS) is 10.5. The molecular formula is C11H10BrN3O2. The smallest absolute Gasteiger partial charge is 0.339 e. The molecule has 0 bridgehead atoms. The number of nitrogens with zero attached hydrogens (tertiary/aromatic N) is 3. The molecule has 0 aliphatic heterocycles. The summed E-state index contributed by atoms with van der Waals surface area (Å²) in [4.78, 5) is 15.1. The minimum absolute atomic E-state index is 0.187. The van der Waals surface area contributed by atoms with E-state index in [0.29, 0.717) is 11.5 Å². The molecule has 2 rings (SSSR count). The molecule has 5 nitrogen and oxygen atoms in total. The summed E-state index contributed by atoms with van der Waals surface area (Å²) in [5.41, 5.74) is 1.67. The summed E-state index contributed by atoms with van der Waals surface area (Å²) in [5, 5.41) is 13.1. The van der Waals surface area contributed by atoms with E-state index in [9.17, 15) is 4.79 Å². The van der Waals surface area contributed by atoms with Crippen LogP contribution < -0.4 is 0 Å². The van der Waals surface area contributed by atoms with Crippen molar-refractivity contribution in [2.24, 2.45) is 0 Å². The SMILES string of the molecule is Cc1cc(-n2cc(C(=O)O)c(C)n2)ncc1Br. The first-order valence-corrected chi connectivity index (χ1v) is 5.70. The molecule has 0 spiro atoms. The molecule has 2 aromatic heterocycles. The van der Waals surface area contributed by atoms with Gasteiger partial charge in [0, 0.05) is 16.9 Å². The Kier molecular flexibility index (Phi) is 2.97. The molecule has 0 saturated heterocycles. The highest BCUT2D eigenvalue weighted by molar-refractivity contribution is 9.10. The molecule has 0 aliphatic carbocycles. The van der Waals surface area contributed by atoms with Gasteiger partial charge >= 0.3 is 5.97 Å². The fourth-order valence-corrected chi connectivity index (χ4v) is 1.65. The van der Waals surface area contributed by atoms with Crippen LogP contribution in [0.5, 0.6) is 0 Å². The van der Waals surface area contributed by atoms with E-state index in [1.54, 1.807) is 13.1 Å². The number of halogens is 1. The first kappa shape index (κ1) is 11.8. The second-order valence-corrected chi connectivity index (χ2v) is 4.52. The quantitative estimate of drug-likeness (QED) is 0.923. The molecule has 0 unspecified atom stereocenters. The largest absolute Gasteiger partial charge is 0.478 e. The van der Waals surface area contributed by atoms with Gasteiger partial charge in [0.25, 0.3) is 0 Å². The van der Waals surface area contributed by atoms with Crippen molar-refractivity contribution in [2.45, 2.75) is 13.8 Å². The van der Waals surface area contributed by atoms with Crippen LogP contribution in [0.2, 0.25) is 0 Å². The molecule has 0 aromatic carbocycles. The van der Waals surface area contributed by atoms with Crippen LogP contribution in [0.25, 0.3) is 5.82 Å². The number of aromatic carboxylic acids is 1. The lowest BCUT2D eigenvalue weighted by Crippen LogP contribution is -1.99. The van der Waals surface area contributed by atoms with Gasteiger partial charge in [-0.1, -0.05) is 0 Å². The van der Waals surface area contributed by atoms with Gasteiger partial charge in [0.2, 0.25) is 0 Å². The maximum absolute atomic E-state index is 10.9. The highest BCUT2D eigenvalue weighted by atomic mass is 79.9. The molecule has 0 atom stereocenters. The second kappa shape index (κ2) is 4.29. The van der Waals surface area contributed by atoms with Crippen molar-refractivity contribution in [3.05, 3.63) is 39.8 Å². The lowest BCUT2D eigenvalue weighted by molar-refractivity contribution is 0.0696. The number of hydrogen-bond acceptors (Lipinski definition) is 3. The zero-order valence-corrected chi connectivity index (χ0v) is 10.9. The van der Waals surface area contributed by atoms with Crippen LogP contribution in [0.4, 0.5) is 0 Å². The predicted molar refractivity (Wildman–Crippen MR) is 65.5 cm³/mol. The number of carbonyl (C=O) groups is 1. The number of carboxylic acids is 1. The minimum atomic E-state index is -0.984. The Labute approximate surface area is 106 Å². The molecule has 6 heteroatoms. The second-order valence-electron chi connectivity index (χ2n) is 3.67. The van der Waals surface area contributed by atoms with Crippen LogP contribution in [-0.2, 0) is 0 Å². The molecule has 0 aliphatic rings. The summed E-state index contributed by atoms with van der Waals surface area (Å²) in [7, 11) is 0. The average Bonchev–Trinajstić information content (AvgIpc) is 2.64. The van der Waals surface area contributed by atoms with Gasteiger partial charge in [-0.05, 0) is 41.4 Å². The first-order chi connectivity index (χ1) is 7.99. The van der Waals surface area contributed by atoms with Crippen LogP contribution in [0.15, 0.2) is 22.9 Å². The fourth-order valence-electron chi connectivity index (χ4n) is 1.44. The van der Waals surface area contributed by atoms with Crippen molar-refractivity contribution in [1.82, 2.24) is 14.8 Å². The topological polar surface area (TPSA) is 68.0 Å². The third-order valence-electron chi connectivity index (χ3n) is 2.40. The molecule has 17 heavy (non-hydrogen) atoms. The molecular weight excluding hydrogens is 286 g/mol. The van der Waals surface area contributed by atoms with E-state index >= 15 is 0 Å². The summed E-state index contributed by atoms with van der Waals surface area (Å²) < 4.78 is 2.38. The predicted octanol–water partition coefficient (Wildman–Crippen LogP) is 2.34. The molecule has 1 N–H and O–H groups in total. The van der Waals surface area contributed by atoms with Crippen LogP contribution in [0.3, 0.4) is 0 Å². The van der Waals surface area contributed by atoms with Gasteiger partial charge in [-0.2, -0.15) is 5.10 Å². The van der Waals surface area contributed by atoms with Crippen molar-refractivity contribution in [3.8, 4) is 5.82 Å². The zero-order chi connectivity index (χ0) is 12.6. The van der Waals surface area contributed by atoms with Crippen LogP contribution in [0.1, 0.15) is 21.6 Å². The van der Waals surface area contributed by atoms with E-state index in [-0.39, 0.29) is 5.56 Å². The maximum Gasteiger partial charge on any atom is 0.339 e. The van der Waals surface area contributed by atoms with E-state index in [1.165, 1.54) is 10.9 Å². The summed E-state index contributed by atoms with van der Waals surface area (Å²) in [6.07, 6.45) is 3.13. The summed E-state index contributed by atoms with van der Waals surface area (Å²) >= 11 is 3.36. The zero-order valence-electron chi connectivity index (χ0n) is 9.31. The molecule has 0 saturated carbocycles. The van der Waals surface area contributed by atoms with Crippen molar-refractivity contribution < 1.29 is 9.90 Å². The van der Waals surface area contributed by atoms with E-state index in [0.717, 1.165) is 10.0 Å². The summed E-state index contributed by atoms with van der Waals surface area (Å²) in [6, 6.07) is 1.84. The van der Waals surface area contributed by atoms with Gasteiger partial charge in [0.15, 0.2) is 5.82 Å². The monoisotopic (exact) mass is 295 g/mol. The highest BCUT2D eigenvalue weighted by Crippen LogP contribution is 2.17. The molecule has 0 radical (unpaired) electrons. The van der Waals surface area contributed by atoms with Crippen molar-refractivity contribution >= 4 is 21.9 Å². The van der Waals surface area contributed by atoms with Crippen LogP contribution in [-0.4, -0.2) is 25.8 Å². The third-order valence-corrected chi connectivity index (χ3v) is 3.23. The van der Waals surface area contributed by atoms with Gasteiger partial charge in [-0.15, -0.1) is 0 Å². The van der Waals surface area contributed by atoms with Gasteiger partial charge in [0.1, 0.15) is 5.56 Å². The lowest BCUT2D eigenvalue weighted by Gasteiger charge is -2.02. The minimum Gasteiger partial charge on any atom is -0.478 e. The van der Waals surface area contributed by atoms with Crippen molar-refractivity contribution in [3.63, 3.8) is 0 Å². The highest BCUT2D eigenvalue weighted by Gasteiger charge is 2.13. The van der Waals surface area contributed by atoms with Crippen LogP contribution in [0, 0.1) is 13.8 Å². The standard InChI is InChI=1S/C11H10BrN3O2/c1-6-3-10(13-4-9(6)12)15-5-8(11(16)17)7(2)14-15/h3-5H,1-2H3,(H,16,17). The van der Waals surface area contributed by atoms with E-state index in [1.807, 2.05) is 13.0 Å². The Hall–Kier alpha value is -1.69. The Bertz CT molecular complexity index is 592. The summed E-state index contributed by atoms with van der Waals surface area (Å²) in [6.45, 7) is 3.59. The van der Waals surface area contributed by atoms with Crippen LogP contribution >= 0.6 is 15.9 Å². The van der Waals surface area contributed by atoms with E-state index in [4.69, 9.17) is 5.11 Å². The molecule has 88 valence electrons. The number of pyridine rings is 1. The van der Waals surface area contributed by atoms with Gasteiger partial charge in [0.05, 0.1) is 5.69 Å². The summed E-state index contributed by atoms with van der Waals surface area (Å²) in [5.74, 6) is -0.385. The van der Waals surface area contributed by atoms with Gasteiger partial charge in [-0.25, -0.2) is 14.5 Å². The lowest BCUT2D eigenvalue weighted by atomic mass is 10.3. The Balaban J connectivity index is 2.50. The molecule has 0 amide bonds. The Morgan fingerprint density at radius 3 is 2.71 bits per heavy atom. The van der Waals surface area contributed by atoms with Gasteiger partial charge < -0.3 is 5.11 Å². The number of aryl methyl sites for hydroxylation is 2. The van der Waals surface area contributed by atoms with E-state index < -0.39 is 5.97 Å². The van der Waals surface area contributed by atoms with E-state index in [2.05, 4.69) is 26.0 Å². The fraction of sp³-hybridized carbons (Fsp3) is 0.182. The third kappa shape index (κ3) is 2.21. The van der Waals surface area contributed by atoms with Gasteiger partial charge in [-0.3, -0.25) is 0 Å².